The van der Waals surface area contributed by atoms with E-state index in [0.29, 0.717) is 5.56 Å². The van der Waals surface area contributed by atoms with Crippen molar-refractivity contribution < 1.29 is 19.4 Å². The summed E-state index contributed by atoms with van der Waals surface area (Å²) in [7, 11) is 0. The standard InChI is InChI=1S/C13H16O4/c1-4-17-12(15)11(14)9-7-5-6-8-10(9)13(2,3)16/h5-8,16H,4H2,1-3H3. The maximum Gasteiger partial charge on any atom is 0.379 e. The van der Waals surface area contributed by atoms with Crippen molar-refractivity contribution in [2.24, 2.45) is 0 Å². The molecule has 0 aliphatic rings. The maximum absolute atomic E-state index is 11.8. The van der Waals surface area contributed by atoms with Gasteiger partial charge in [0.05, 0.1) is 12.2 Å². The third-order valence-electron chi connectivity index (χ3n) is 2.29. The van der Waals surface area contributed by atoms with Gasteiger partial charge in [-0.2, -0.15) is 0 Å². The Bertz CT molecular complexity index is 429. The summed E-state index contributed by atoms with van der Waals surface area (Å²) in [5.74, 6) is -1.63. The molecule has 0 heterocycles. The Balaban J connectivity index is 3.14. The van der Waals surface area contributed by atoms with Crippen LogP contribution in [0, 0.1) is 0 Å². The van der Waals surface area contributed by atoms with E-state index in [-0.39, 0.29) is 12.2 Å². The normalized spacial score (nSPS) is 11.1. The van der Waals surface area contributed by atoms with Crippen LogP contribution in [0.2, 0.25) is 0 Å². The average molecular weight is 236 g/mol. The molecule has 0 bridgehead atoms. The van der Waals surface area contributed by atoms with Crippen LogP contribution in [0.5, 0.6) is 0 Å². The molecule has 0 aliphatic heterocycles. The van der Waals surface area contributed by atoms with Crippen LogP contribution in [-0.2, 0) is 15.1 Å². The van der Waals surface area contributed by atoms with Crippen molar-refractivity contribution in [2.45, 2.75) is 26.4 Å². The van der Waals surface area contributed by atoms with Gasteiger partial charge in [-0.3, -0.25) is 4.79 Å². The summed E-state index contributed by atoms with van der Waals surface area (Å²) >= 11 is 0. The second-order valence-corrected chi connectivity index (χ2v) is 4.15. The van der Waals surface area contributed by atoms with Crippen molar-refractivity contribution >= 4 is 11.8 Å². The lowest BCUT2D eigenvalue weighted by atomic mass is 9.91. The quantitative estimate of drug-likeness (QED) is 0.490. The predicted molar refractivity (Wildman–Crippen MR) is 62.7 cm³/mol. The Morgan fingerprint density at radius 3 is 2.41 bits per heavy atom. The van der Waals surface area contributed by atoms with Crippen LogP contribution in [0.3, 0.4) is 0 Å². The number of ether oxygens (including phenoxy) is 1. The lowest BCUT2D eigenvalue weighted by molar-refractivity contribution is -0.137. The number of benzene rings is 1. The molecular formula is C13H16O4. The molecule has 0 unspecified atom stereocenters. The van der Waals surface area contributed by atoms with Crippen molar-refractivity contribution in [3.63, 3.8) is 0 Å². The van der Waals surface area contributed by atoms with E-state index in [1.807, 2.05) is 0 Å². The first kappa shape index (κ1) is 13.4. The van der Waals surface area contributed by atoms with Crippen molar-refractivity contribution in [3.05, 3.63) is 35.4 Å². The molecule has 1 rings (SSSR count). The van der Waals surface area contributed by atoms with Gasteiger partial charge in [0, 0.05) is 5.56 Å². The zero-order valence-electron chi connectivity index (χ0n) is 10.2. The largest absolute Gasteiger partial charge is 0.460 e. The molecule has 0 radical (unpaired) electrons. The van der Waals surface area contributed by atoms with Crippen molar-refractivity contribution in [1.82, 2.24) is 0 Å². The molecule has 0 spiro atoms. The van der Waals surface area contributed by atoms with Gasteiger partial charge in [0.2, 0.25) is 0 Å². The number of rotatable bonds is 4. The summed E-state index contributed by atoms with van der Waals surface area (Å²) in [5.41, 5.74) is -0.588. The molecule has 0 amide bonds. The highest BCUT2D eigenvalue weighted by molar-refractivity contribution is 6.41. The van der Waals surface area contributed by atoms with Crippen molar-refractivity contribution in [1.29, 1.82) is 0 Å². The Kier molecular flexibility index (Phi) is 4.02. The summed E-state index contributed by atoms with van der Waals surface area (Å²) in [5, 5.41) is 9.93. The van der Waals surface area contributed by atoms with Crippen LogP contribution >= 0.6 is 0 Å². The van der Waals surface area contributed by atoms with Gasteiger partial charge in [-0.25, -0.2) is 4.79 Å². The van der Waals surface area contributed by atoms with E-state index in [9.17, 15) is 14.7 Å². The van der Waals surface area contributed by atoms with Crippen LogP contribution < -0.4 is 0 Å². The molecule has 17 heavy (non-hydrogen) atoms. The number of Topliss-reactive ketones (excluding diaryl/α,β-unsaturated/α-hetero) is 1. The predicted octanol–water partition coefficient (Wildman–Crippen LogP) is 1.66. The lowest BCUT2D eigenvalue weighted by Gasteiger charge is -2.20. The summed E-state index contributed by atoms with van der Waals surface area (Å²) in [6, 6.07) is 6.47. The first-order valence-electron chi connectivity index (χ1n) is 5.41. The Morgan fingerprint density at radius 2 is 1.88 bits per heavy atom. The first-order valence-corrected chi connectivity index (χ1v) is 5.41. The van der Waals surface area contributed by atoms with Gasteiger partial charge in [-0.1, -0.05) is 24.3 Å². The third kappa shape index (κ3) is 3.14. The molecular weight excluding hydrogens is 220 g/mol. The molecule has 0 fully saturated rings. The minimum absolute atomic E-state index is 0.148. The van der Waals surface area contributed by atoms with Crippen molar-refractivity contribution in [3.8, 4) is 0 Å². The highest BCUT2D eigenvalue weighted by Gasteiger charge is 2.26. The topological polar surface area (TPSA) is 63.6 Å². The van der Waals surface area contributed by atoms with E-state index >= 15 is 0 Å². The number of carbonyl (C=O) groups excluding carboxylic acids is 2. The molecule has 0 saturated heterocycles. The Hall–Kier alpha value is -1.68. The minimum atomic E-state index is -1.18. The summed E-state index contributed by atoms with van der Waals surface area (Å²) in [6.45, 7) is 4.90. The second kappa shape index (κ2) is 5.10. The van der Waals surface area contributed by atoms with Crippen LogP contribution in [0.15, 0.2) is 24.3 Å². The summed E-state index contributed by atoms with van der Waals surface area (Å²) in [4.78, 5) is 23.2. The van der Waals surface area contributed by atoms with Gasteiger partial charge in [-0.15, -0.1) is 0 Å². The van der Waals surface area contributed by atoms with Gasteiger partial charge < -0.3 is 9.84 Å². The van der Waals surface area contributed by atoms with Crippen LogP contribution in [0.4, 0.5) is 0 Å². The fourth-order valence-electron chi connectivity index (χ4n) is 1.52. The highest BCUT2D eigenvalue weighted by Crippen LogP contribution is 2.24. The number of esters is 1. The number of ketones is 1. The molecule has 92 valence electrons. The molecule has 0 aliphatic carbocycles. The molecule has 1 N–H and O–H groups in total. The molecule has 1 aromatic carbocycles. The van der Waals surface area contributed by atoms with Gasteiger partial charge in [0.1, 0.15) is 0 Å². The molecule has 0 aromatic heterocycles. The monoisotopic (exact) mass is 236 g/mol. The first-order chi connectivity index (χ1) is 7.88. The van der Waals surface area contributed by atoms with Crippen molar-refractivity contribution in [2.75, 3.05) is 6.61 Å². The van der Waals surface area contributed by atoms with E-state index in [4.69, 9.17) is 0 Å². The molecule has 0 atom stereocenters. The SMILES string of the molecule is CCOC(=O)C(=O)c1ccccc1C(C)(C)O. The van der Waals surface area contributed by atoms with Crippen LogP contribution in [0.25, 0.3) is 0 Å². The fraction of sp³-hybridized carbons (Fsp3) is 0.385. The number of carbonyl (C=O) groups is 2. The van der Waals surface area contributed by atoms with E-state index < -0.39 is 17.4 Å². The summed E-state index contributed by atoms with van der Waals surface area (Å²) < 4.78 is 4.66. The lowest BCUT2D eigenvalue weighted by Crippen LogP contribution is -2.24. The Morgan fingerprint density at radius 1 is 1.29 bits per heavy atom. The van der Waals surface area contributed by atoms with Gasteiger partial charge in [-0.05, 0) is 26.3 Å². The smallest absolute Gasteiger partial charge is 0.379 e. The third-order valence-corrected chi connectivity index (χ3v) is 2.29. The number of aliphatic hydroxyl groups is 1. The van der Waals surface area contributed by atoms with E-state index in [1.54, 1.807) is 39.0 Å². The fourth-order valence-corrected chi connectivity index (χ4v) is 1.52. The Labute approximate surface area is 100 Å². The molecule has 4 nitrogen and oxygen atoms in total. The van der Waals surface area contributed by atoms with Crippen LogP contribution in [-0.4, -0.2) is 23.5 Å². The second-order valence-electron chi connectivity index (χ2n) is 4.15. The number of hydrogen-bond acceptors (Lipinski definition) is 4. The van der Waals surface area contributed by atoms with E-state index in [0.717, 1.165) is 0 Å². The van der Waals surface area contributed by atoms with Gasteiger partial charge >= 0.3 is 5.97 Å². The minimum Gasteiger partial charge on any atom is -0.460 e. The summed E-state index contributed by atoms with van der Waals surface area (Å²) in [6.07, 6.45) is 0. The number of hydrogen-bond donors (Lipinski definition) is 1. The van der Waals surface area contributed by atoms with E-state index in [2.05, 4.69) is 4.74 Å². The molecule has 1 aromatic rings. The van der Waals surface area contributed by atoms with Crippen LogP contribution in [0.1, 0.15) is 36.7 Å². The maximum atomic E-state index is 11.8. The highest BCUT2D eigenvalue weighted by atomic mass is 16.5. The van der Waals surface area contributed by atoms with Gasteiger partial charge in [0.15, 0.2) is 0 Å². The molecule has 0 saturated carbocycles. The zero-order chi connectivity index (χ0) is 13.1. The zero-order valence-corrected chi connectivity index (χ0v) is 10.2. The average Bonchev–Trinajstić information content (AvgIpc) is 2.27. The van der Waals surface area contributed by atoms with Gasteiger partial charge in [0.25, 0.3) is 5.78 Å². The van der Waals surface area contributed by atoms with E-state index in [1.165, 1.54) is 6.07 Å². The molecule has 4 heteroatoms.